The van der Waals surface area contributed by atoms with E-state index in [2.05, 4.69) is 0 Å². The molecule has 0 radical (unpaired) electrons. The van der Waals surface area contributed by atoms with Gasteiger partial charge in [0.25, 0.3) is 0 Å². The van der Waals surface area contributed by atoms with E-state index in [1.54, 1.807) is 6.07 Å². The zero-order valence-corrected chi connectivity index (χ0v) is 10.4. The lowest BCUT2D eigenvalue weighted by atomic mass is 10.1. The molecule has 90 valence electrons. The predicted molar refractivity (Wildman–Crippen MR) is 66.0 cm³/mol. The highest BCUT2D eigenvalue weighted by Gasteiger charge is 2.08. The van der Waals surface area contributed by atoms with Gasteiger partial charge in [-0.25, -0.2) is 4.39 Å². The van der Waals surface area contributed by atoms with E-state index >= 15 is 0 Å². The smallest absolute Gasteiger partial charge is 0.137 e. The monoisotopic (exact) mass is 243 g/mol. The first-order chi connectivity index (χ1) is 7.54. The Balaban J connectivity index is 2.68. The van der Waals surface area contributed by atoms with Crippen LogP contribution in [-0.4, -0.2) is 17.5 Å². The number of halogens is 1. The Kier molecular flexibility index (Phi) is 5.25. The second-order valence-corrected chi connectivity index (χ2v) is 5.14. The number of aliphatic hydroxyl groups is 1. The lowest BCUT2D eigenvalue weighted by molar-refractivity contribution is 0.250. The number of benzene rings is 1. The normalized spacial score (nSPS) is 14.8. The lowest BCUT2D eigenvalue weighted by Crippen LogP contribution is -2.06. The van der Waals surface area contributed by atoms with Crippen molar-refractivity contribution in [1.82, 2.24) is 0 Å². The lowest BCUT2D eigenvalue weighted by Gasteiger charge is -2.10. The molecule has 0 spiro atoms. The summed E-state index contributed by atoms with van der Waals surface area (Å²) in [5.41, 5.74) is 6.47. The molecule has 0 saturated heterocycles. The van der Waals surface area contributed by atoms with Gasteiger partial charge in [0.1, 0.15) is 5.82 Å². The van der Waals surface area contributed by atoms with E-state index in [1.165, 1.54) is 17.8 Å². The van der Waals surface area contributed by atoms with Crippen LogP contribution in [0.3, 0.4) is 0 Å². The topological polar surface area (TPSA) is 46.2 Å². The summed E-state index contributed by atoms with van der Waals surface area (Å²) < 4.78 is 13.6. The maximum Gasteiger partial charge on any atom is 0.137 e. The molecule has 4 heteroatoms. The summed E-state index contributed by atoms with van der Waals surface area (Å²) in [6, 6.07) is 4.93. The molecule has 0 fully saturated rings. The third-order valence-electron chi connectivity index (χ3n) is 2.32. The number of nitrogens with two attached hydrogens (primary N) is 1. The fourth-order valence-electron chi connectivity index (χ4n) is 1.20. The maximum absolute atomic E-state index is 13.6. The fraction of sp³-hybridized carbons (Fsp3) is 0.500. The number of rotatable bonds is 5. The molecule has 2 atom stereocenters. The molecule has 1 rings (SSSR count). The summed E-state index contributed by atoms with van der Waals surface area (Å²) >= 11 is 1.42. The highest BCUT2D eigenvalue weighted by molar-refractivity contribution is 7.99. The quantitative estimate of drug-likeness (QED) is 0.781. The van der Waals surface area contributed by atoms with Crippen LogP contribution in [0.1, 0.15) is 25.5 Å². The Morgan fingerprint density at radius 3 is 2.62 bits per heavy atom. The number of hydrogen-bond donors (Lipinski definition) is 2. The van der Waals surface area contributed by atoms with E-state index in [-0.39, 0.29) is 24.4 Å². The SMILES string of the molecule is CC(CO)CSc1ccc([C@@H](C)N)cc1F. The first kappa shape index (κ1) is 13.5. The van der Waals surface area contributed by atoms with Gasteiger partial charge < -0.3 is 10.8 Å². The molecule has 0 heterocycles. The van der Waals surface area contributed by atoms with Crippen LogP contribution in [0.15, 0.2) is 23.1 Å². The number of aliphatic hydroxyl groups excluding tert-OH is 1. The Hall–Kier alpha value is -0.580. The van der Waals surface area contributed by atoms with Crippen molar-refractivity contribution >= 4 is 11.8 Å². The van der Waals surface area contributed by atoms with E-state index in [0.717, 1.165) is 5.56 Å². The second-order valence-electron chi connectivity index (χ2n) is 4.08. The molecule has 16 heavy (non-hydrogen) atoms. The second kappa shape index (κ2) is 6.23. The molecule has 0 saturated carbocycles. The van der Waals surface area contributed by atoms with Crippen LogP contribution in [-0.2, 0) is 0 Å². The average molecular weight is 243 g/mol. The highest BCUT2D eigenvalue weighted by atomic mass is 32.2. The third kappa shape index (κ3) is 3.77. The predicted octanol–water partition coefficient (Wildman–Crippen LogP) is 2.57. The summed E-state index contributed by atoms with van der Waals surface area (Å²) in [6.45, 7) is 3.89. The first-order valence-corrected chi connectivity index (χ1v) is 6.31. The summed E-state index contributed by atoms with van der Waals surface area (Å²) in [5, 5.41) is 8.88. The summed E-state index contributed by atoms with van der Waals surface area (Å²) in [7, 11) is 0. The molecule has 1 aromatic carbocycles. The molecule has 0 aliphatic rings. The molecule has 0 aliphatic carbocycles. The highest BCUT2D eigenvalue weighted by Crippen LogP contribution is 2.25. The molecule has 0 amide bonds. The van der Waals surface area contributed by atoms with Gasteiger partial charge in [0.15, 0.2) is 0 Å². The van der Waals surface area contributed by atoms with E-state index in [4.69, 9.17) is 10.8 Å². The largest absolute Gasteiger partial charge is 0.396 e. The fourth-order valence-corrected chi connectivity index (χ4v) is 2.13. The van der Waals surface area contributed by atoms with Crippen molar-refractivity contribution in [3.63, 3.8) is 0 Å². The minimum Gasteiger partial charge on any atom is -0.396 e. The molecule has 0 bridgehead atoms. The molecular weight excluding hydrogens is 225 g/mol. The van der Waals surface area contributed by atoms with Gasteiger partial charge >= 0.3 is 0 Å². The molecule has 0 aromatic heterocycles. The summed E-state index contributed by atoms with van der Waals surface area (Å²) in [6.07, 6.45) is 0. The first-order valence-electron chi connectivity index (χ1n) is 5.33. The molecule has 0 aliphatic heterocycles. The van der Waals surface area contributed by atoms with Crippen molar-refractivity contribution in [2.45, 2.75) is 24.8 Å². The Morgan fingerprint density at radius 2 is 2.12 bits per heavy atom. The van der Waals surface area contributed by atoms with E-state index in [0.29, 0.717) is 10.6 Å². The Bertz CT molecular complexity index is 344. The van der Waals surface area contributed by atoms with Crippen molar-refractivity contribution in [1.29, 1.82) is 0 Å². The van der Waals surface area contributed by atoms with Gasteiger partial charge in [0.2, 0.25) is 0 Å². The van der Waals surface area contributed by atoms with Gasteiger partial charge in [-0.1, -0.05) is 13.0 Å². The van der Waals surface area contributed by atoms with Crippen molar-refractivity contribution in [2.75, 3.05) is 12.4 Å². The average Bonchev–Trinajstić information content (AvgIpc) is 2.26. The zero-order chi connectivity index (χ0) is 12.1. The van der Waals surface area contributed by atoms with Gasteiger partial charge in [-0.15, -0.1) is 11.8 Å². The van der Waals surface area contributed by atoms with E-state index in [9.17, 15) is 4.39 Å². The Labute approximate surface area is 100 Å². The van der Waals surface area contributed by atoms with Crippen LogP contribution in [0.5, 0.6) is 0 Å². The van der Waals surface area contributed by atoms with Gasteiger partial charge in [-0.05, 0) is 30.5 Å². The molecular formula is C12H18FNOS. The van der Waals surface area contributed by atoms with Crippen molar-refractivity contribution in [3.05, 3.63) is 29.6 Å². The van der Waals surface area contributed by atoms with Crippen LogP contribution in [0.25, 0.3) is 0 Å². The minimum absolute atomic E-state index is 0.131. The summed E-state index contributed by atoms with van der Waals surface area (Å²) in [5.74, 6) is 0.660. The van der Waals surface area contributed by atoms with Crippen molar-refractivity contribution in [3.8, 4) is 0 Å². The zero-order valence-electron chi connectivity index (χ0n) is 9.61. The van der Waals surface area contributed by atoms with Crippen molar-refractivity contribution in [2.24, 2.45) is 11.7 Å². The van der Waals surface area contributed by atoms with Crippen LogP contribution < -0.4 is 5.73 Å². The molecule has 3 N–H and O–H groups in total. The van der Waals surface area contributed by atoms with Crippen LogP contribution in [0.2, 0.25) is 0 Å². The maximum atomic E-state index is 13.6. The van der Waals surface area contributed by atoms with Crippen LogP contribution in [0.4, 0.5) is 4.39 Å². The molecule has 1 aromatic rings. The number of hydrogen-bond acceptors (Lipinski definition) is 3. The minimum atomic E-state index is -0.232. The van der Waals surface area contributed by atoms with Gasteiger partial charge in [0, 0.05) is 23.3 Å². The van der Waals surface area contributed by atoms with Gasteiger partial charge in [-0.3, -0.25) is 0 Å². The van der Waals surface area contributed by atoms with Crippen LogP contribution >= 0.6 is 11.8 Å². The molecule has 2 nitrogen and oxygen atoms in total. The van der Waals surface area contributed by atoms with E-state index in [1.807, 2.05) is 19.9 Å². The van der Waals surface area contributed by atoms with Gasteiger partial charge in [0.05, 0.1) is 0 Å². The molecule has 1 unspecified atom stereocenters. The standard InChI is InChI=1S/C12H18FNOS/c1-8(6-15)7-16-12-4-3-10(9(2)14)5-11(12)13/h3-5,8-9,15H,6-7,14H2,1-2H3/t8?,9-/m1/s1. The number of thioether (sulfide) groups is 1. The van der Waals surface area contributed by atoms with Crippen molar-refractivity contribution < 1.29 is 9.50 Å². The Morgan fingerprint density at radius 1 is 1.44 bits per heavy atom. The van der Waals surface area contributed by atoms with Gasteiger partial charge in [-0.2, -0.15) is 0 Å². The summed E-state index contributed by atoms with van der Waals surface area (Å²) in [4.78, 5) is 0.615. The third-order valence-corrected chi connectivity index (χ3v) is 3.69. The van der Waals surface area contributed by atoms with Crippen LogP contribution in [0, 0.1) is 11.7 Å². The van der Waals surface area contributed by atoms with E-state index < -0.39 is 0 Å².